The Morgan fingerprint density at radius 2 is 2.04 bits per heavy atom. The molecule has 0 amide bonds. The maximum absolute atomic E-state index is 12.1. The number of aliphatic hydroxyl groups is 2. The van der Waals surface area contributed by atoms with Gasteiger partial charge in [-0.15, -0.1) is 0 Å². The maximum Gasteiger partial charge on any atom is 0.165 e. The van der Waals surface area contributed by atoms with Crippen molar-refractivity contribution in [2.45, 2.75) is 74.2 Å². The van der Waals surface area contributed by atoms with Crippen molar-refractivity contribution in [2.75, 3.05) is 13.1 Å². The molecule has 1 spiro atoms. The van der Waals surface area contributed by atoms with Gasteiger partial charge < -0.3 is 20.1 Å². The average molecular weight is 357 g/mol. The largest absolute Gasteiger partial charge is 0.504 e. The second-order valence-electron chi connectivity index (χ2n) is 9.25. The third-order valence-electron chi connectivity index (χ3n) is 8.26. The predicted octanol–water partition coefficient (Wildman–Crippen LogP) is 1.71. The molecule has 5 nitrogen and oxygen atoms in total. The van der Waals surface area contributed by atoms with Crippen LogP contribution in [0.4, 0.5) is 0 Å². The fourth-order valence-electron chi connectivity index (χ4n) is 6.83. The Labute approximate surface area is 153 Å². The molecule has 1 aromatic carbocycles. The van der Waals surface area contributed by atoms with Crippen molar-refractivity contribution in [3.63, 3.8) is 0 Å². The van der Waals surface area contributed by atoms with Gasteiger partial charge in [-0.1, -0.05) is 12.5 Å². The monoisotopic (exact) mass is 357 g/mol. The van der Waals surface area contributed by atoms with Crippen LogP contribution in [-0.4, -0.2) is 57.2 Å². The van der Waals surface area contributed by atoms with Gasteiger partial charge in [-0.25, -0.2) is 0 Å². The first-order chi connectivity index (χ1) is 12.5. The summed E-state index contributed by atoms with van der Waals surface area (Å²) in [5.74, 6) is 1.42. The number of phenolic OH excluding ortho intramolecular Hbond substituents is 1. The van der Waals surface area contributed by atoms with E-state index in [1.54, 1.807) is 6.07 Å². The summed E-state index contributed by atoms with van der Waals surface area (Å²) in [6.45, 7) is 2.02. The number of benzene rings is 1. The summed E-state index contributed by atoms with van der Waals surface area (Å²) < 4.78 is 6.16. The highest BCUT2D eigenvalue weighted by Crippen LogP contribution is 2.65. The Hall–Kier alpha value is -1.30. The van der Waals surface area contributed by atoms with Gasteiger partial charge in [0.15, 0.2) is 11.5 Å². The molecule has 3 fully saturated rings. The molecule has 140 valence electrons. The van der Waals surface area contributed by atoms with Crippen LogP contribution < -0.4 is 4.74 Å². The molecule has 2 saturated carbocycles. The summed E-state index contributed by atoms with van der Waals surface area (Å²) in [5.41, 5.74) is 0.712. The van der Waals surface area contributed by atoms with E-state index in [2.05, 4.69) is 4.90 Å². The van der Waals surface area contributed by atoms with Crippen LogP contribution >= 0.6 is 0 Å². The van der Waals surface area contributed by atoms with E-state index in [-0.39, 0.29) is 11.8 Å². The van der Waals surface area contributed by atoms with Crippen molar-refractivity contribution in [2.24, 2.45) is 5.92 Å². The van der Waals surface area contributed by atoms with Crippen LogP contribution in [0.3, 0.4) is 0 Å². The topological polar surface area (TPSA) is 73.2 Å². The number of piperidine rings is 1. The Bertz CT molecular complexity index is 778. The van der Waals surface area contributed by atoms with E-state index in [9.17, 15) is 15.3 Å². The van der Waals surface area contributed by atoms with E-state index in [0.29, 0.717) is 18.6 Å². The molecule has 5 aliphatic rings. The molecule has 1 saturated heterocycles. The lowest BCUT2D eigenvalue weighted by Crippen LogP contribution is -2.77. The number of ether oxygens (including phenoxy) is 1. The minimum atomic E-state index is -0.884. The number of nitrogens with zero attached hydrogens (tertiary/aromatic N) is 1. The summed E-state index contributed by atoms with van der Waals surface area (Å²) in [6, 6.07) is 3.80. The van der Waals surface area contributed by atoms with Crippen molar-refractivity contribution in [3.05, 3.63) is 23.3 Å². The molecule has 2 bridgehead atoms. The molecule has 0 aromatic heterocycles. The molecule has 5 heteroatoms. The third-order valence-corrected chi connectivity index (χ3v) is 8.26. The zero-order valence-corrected chi connectivity index (χ0v) is 15.0. The van der Waals surface area contributed by atoms with Crippen LogP contribution in [0.1, 0.15) is 49.7 Å². The third kappa shape index (κ3) is 1.64. The lowest BCUT2D eigenvalue weighted by molar-refractivity contribution is -0.209. The Morgan fingerprint density at radius 3 is 2.81 bits per heavy atom. The number of hydrogen-bond donors (Lipinski definition) is 3. The number of rotatable bonds is 2. The van der Waals surface area contributed by atoms with Crippen molar-refractivity contribution < 1.29 is 20.1 Å². The summed E-state index contributed by atoms with van der Waals surface area (Å²) in [7, 11) is 0. The van der Waals surface area contributed by atoms with E-state index >= 15 is 0 Å². The minimum Gasteiger partial charge on any atom is -0.504 e. The fraction of sp³-hybridized carbons (Fsp3) is 0.714. The normalized spacial score (nSPS) is 43.5. The Kier molecular flexibility index (Phi) is 2.99. The molecule has 26 heavy (non-hydrogen) atoms. The van der Waals surface area contributed by atoms with Gasteiger partial charge in [-0.3, -0.25) is 4.90 Å². The van der Waals surface area contributed by atoms with Crippen LogP contribution in [0.15, 0.2) is 12.1 Å². The van der Waals surface area contributed by atoms with Crippen LogP contribution in [-0.2, 0) is 11.8 Å². The molecular formula is C21H27NO4. The van der Waals surface area contributed by atoms with E-state index in [0.717, 1.165) is 37.4 Å². The summed E-state index contributed by atoms with van der Waals surface area (Å²) >= 11 is 0. The zero-order chi connectivity index (χ0) is 17.7. The molecule has 3 aliphatic carbocycles. The van der Waals surface area contributed by atoms with Gasteiger partial charge in [0.2, 0.25) is 0 Å². The van der Waals surface area contributed by atoms with Crippen molar-refractivity contribution in [1.82, 2.24) is 4.90 Å². The quantitative estimate of drug-likeness (QED) is 0.751. The minimum absolute atomic E-state index is 0.0819. The number of aromatic hydroxyl groups is 1. The Morgan fingerprint density at radius 1 is 1.19 bits per heavy atom. The van der Waals surface area contributed by atoms with Crippen LogP contribution in [0.5, 0.6) is 11.5 Å². The molecule has 2 aliphatic heterocycles. The summed E-state index contributed by atoms with van der Waals surface area (Å²) in [6.07, 6.45) is 5.68. The number of aliphatic hydroxyl groups excluding tert-OH is 1. The van der Waals surface area contributed by atoms with Gasteiger partial charge >= 0.3 is 0 Å². The Balaban J connectivity index is 1.52. The van der Waals surface area contributed by atoms with Gasteiger partial charge in [0, 0.05) is 18.2 Å². The zero-order valence-electron chi connectivity index (χ0n) is 15.0. The molecule has 1 aromatic rings. The summed E-state index contributed by atoms with van der Waals surface area (Å²) in [4.78, 5) is 2.53. The number of hydrogen-bond acceptors (Lipinski definition) is 5. The highest BCUT2D eigenvalue weighted by atomic mass is 16.5. The van der Waals surface area contributed by atoms with Gasteiger partial charge in [-0.05, 0) is 62.6 Å². The molecule has 2 heterocycles. The first-order valence-corrected chi connectivity index (χ1v) is 10.2. The fourth-order valence-corrected chi connectivity index (χ4v) is 6.83. The second kappa shape index (κ2) is 4.94. The number of phenols is 1. The molecular weight excluding hydrogens is 330 g/mol. The summed E-state index contributed by atoms with van der Waals surface area (Å²) in [5, 5.41) is 33.2. The van der Waals surface area contributed by atoms with Crippen molar-refractivity contribution >= 4 is 0 Å². The van der Waals surface area contributed by atoms with Gasteiger partial charge in [0.1, 0.15) is 6.10 Å². The van der Waals surface area contributed by atoms with Crippen LogP contribution in [0.2, 0.25) is 0 Å². The SMILES string of the molecule is Oc1ccc2c3c1OC1[C@@H](O)CC[C@@]4(O)C(C2)N(CC2CCC2)CC[C@]314. The number of likely N-dealkylation sites (tertiary alicyclic amines) is 1. The van der Waals surface area contributed by atoms with Gasteiger partial charge in [0.25, 0.3) is 0 Å². The van der Waals surface area contributed by atoms with E-state index in [1.165, 1.54) is 24.8 Å². The smallest absolute Gasteiger partial charge is 0.165 e. The molecule has 6 rings (SSSR count). The van der Waals surface area contributed by atoms with E-state index in [1.807, 2.05) is 6.07 Å². The van der Waals surface area contributed by atoms with E-state index in [4.69, 9.17) is 4.74 Å². The maximum atomic E-state index is 12.1. The van der Waals surface area contributed by atoms with Crippen LogP contribution in [0, 0.1) is 5.92 Å². The first-order valence-electron chi connectivity index (χ1n) is 10.2. The lowest BCUT2D eigenvalue weighted by atomic mass is 9.48. The average Bonchev–Trinajstić information content (AvgIpc) is 2.93. The first kappa shape index (κ1) is 15.7. The highest BCUT2D eigenvalue weighted by molar-refractivity contribution is 5.62. The van der Waals surface area contributed by atoms with Gasteiger partial charge in [-0.2, -0.15) is 0 Å². The van der Waals surface area contributed by atoms with Crippen molar-refractivity contribution in [3.8, 4) is 11.5 Å². The van der Waals surface area contributed by atoms with Crippen LogP contribution in [0.25, 0.3) is 0 Å². The highest BCUT2D eigenvalue weighted by Gasteiger charge is 2.72. The molecule has 2 unspecified atom stereocenters. The molecule has 3 N–H and O–H groups in total. The predicted molar refractivity (Wildman–Crippen MR) is 95.4 cm³/mol. The second-order valence-corrected chi connectivity index (χ2v) is 9.25. The lowest BCUT2D eigenvalue weighted by Gasteiger charge is -2.64. The van der Waals surface area contributed by atoms with Gasteiger partial charge in [0.05, 0.1) is 17.1 Å². The molecule has 0 radical (unpaired) electrons. The van der Waals surface area contributed by atoms with E-state index < -0.39 is 23.2 Å². The molecule has 5 atom stereocenters. The van der Waals surface area contributed by atoms with Crippen molar-refractivity contribution in [1.29, 1.82) is 0 Å². The standard InChI is InChI=1S/C21H27NO4/c23-14-5-4-13-10-16-21(25)7-6-15(24)19-20(21,17(13)18(14)26-19)8-9-22(16)11-12-2-1-3-12/h4-5,12,15-16,19,23-25H,1-3,6-11H2/t15-,16?,19?,20-,21+/m0/s1.